The van der Waals surface area contributed by atoms with Crippen molar-refractivity contribution in [1.29, 1.82) is 0 Å². The third-order valence-corrected chi connectivity index (χ3v) is 6.73. The first-order chi connectivity index (χ1) is 17.4. The lowest BCUT2D eigenvalue weighted by Crippen LogP contribution is -2.49. The predicted molar refractivity (Wildman–Crippen MR) is 135 cm³/mol. The number of carbonyl (C=O) groups is 2. The highest BCUT2D eigenvalue weighted by molar-refractivity contribution is 9.10. The summed E-state index contributed by atoms with van der Waals surface area (Å²) in [6.45, 7) is 3.38. The number of nitrogens with zero attached hydrogens (tertiary/aromatic N) is 2. The highest BCUT2D eigenvalue weighted by Crippen LogP contribution is 2.37. The van der Waals surface area contributed by atoms with Crippen LogP contribution in [-0.2, 0) is 19.1 Å². The van der Waals surface area contributed by atoms with E-state index in [0.29, 0.717) is 40.3 Å². The van der Waals surface area contributed by atoms with Crippen molar-refractivity contribution in [2.75, 3.05) is 32.9 Å². The Balaban J connectivity index is 1.82. The van der Waals surface area contributed by atoms with Crippen LogP contribution in [0, 0.1) is 5.82 Å². The zero-order valence-electron chi connectivity index (χ0n) is 19.7. The van der Waals surface area contributed by atoms with Crippen molar-refractivity contribution >= 4 is 33.7 Å². The molecule has 2 aliphatic heterocycles. The summed E-state index contributed by atoms with van der Waals surface area (Å²) in [6, 6.07) is 12.6. The second kappa shape index (κ2) is 11.8. The maximum absolute atomic E-state index is 13.9. The van der Waals surface area contributed by atoms with Crippen LogP contribution in [0.25, 0.3) is 0 Å². The number of aliphatic imine (C=N–C) groups is 1. The Labute approximate surface area is 216 Å². The molecule has 190 valence electrons. The minimum Gasteiger partial charge on any atom is -0.481 e. The second-order valence-corrected chi connectivity index (χ2v) is 9.30. The molecule has 2 aromatic rings. The summed E-state index contributed by atoms with van der Waals surface area (Å²) in [5.41, 5.74) is 2.27. The summed E-state index contributed by atoms with van der Waals surface area (Å²) in [5.74, 6) is -1.34. The lowest BCUT2D eigenvalue weighted by Gasteiger charge is -2.37. The highest BCUT2D eigenvalue weighted by Gasteiger charge is 2.35. The molecule has 4 rings (SSSR count). The Morgan fingerprint density at radius 1 is 1.28 bits per heavy atom. The SMILES string of the molecule is CCOC(=O)C1=C(CN2CCOCC2CC(=O)O)NC(c2ccccc2)=NC1c1ccc(F)cc1Br. The highest BCUT2D eigenvalue weighted by atomic mass is 79.9. The maximum Gasteiger partial charge on any atom is 0.338 e. The third kappa shape index (κ3) is 6.00. The van der Waals surface area contributed by atoms with Crippen LogP contribution in [0.4, 0.5) is 4.39 Å². The molecule has 2 atom stereocenters. The number of morpholine rings is 1. The van der Waals surface area contributed by atoms with Gasteiger partial charge in [0.2, 0.25) is 0 Å². The van der Waals surface area contributed by atoms with Crippen LogP contribution in [0.15, 0.2) is 69.3 Å². The van der Waals surface area contributed by atoms with Crippen LogP contribution in [0.3, 0.4) is 0 Å². The number of hydrogen-bond donors (Lipinski definition) is 2. The molecule has 2 aliphatic rings. The molecule has 0 aliphatic carbocycles. The first kappa shape index (κ1) is 26.0. The molecule has 1 fully saturated rings. The normalized spacial score (nSPS) is 20.5. The summed E-state index contributed by atoms with van der Waals surface area (Å²) in [4.78, 5) is 31.6. The van der Waals surface area contributed by atoms with E-state index in [4.69, 9.17) is 14.5 Å². The summed E-state index contributed by atoms with van der Waals surface area (Å²) in [5, 5.41) is 12.7. The van der Waals surface area contributed by atoms with Gasteiger partial charge in [0.15, 0.2) is 0 Å². The molecule has 0 saturated carbocycles. The quantitative estimate of drug-likeness (QED) is 0.476. The number of amidine groups is 1. The zero-order chi connectivity index (χ0) is 25.7. The molecule has 2 aromatic carbocycles. The van der Waals surface area contributed by atoms with E-state index in [1.165, 1.54) is 12.1 Å². The number of carboxylic acids is 1. The van der Waals surface area contributed by atoms with E-state index in [1.807, 2.05) is 35.2 Å². The van der Waals surface area contributed by atoms with Gasteiger partial charge >= 0.3 is 11.9 Å². The lowest BCUT2D eigenvalue weighted by atomic mass is 9.94. The fraction of sp³-hybridized carbons (Fsp3) is 0.346. The van der Waals surface area contributed by atoms with E-state index >= 15 is 0 Å². The molecule has 2 heterocycles. The molecule has 10 heteroatoms. The maximum atomic E-state index is 13.9. The number of carboxylic acid groups (broad SMARTS) is 1. The minimum atomic E-state index is -0.925. The average molecular weight is 560 g/mol. The molecule has 2 unspecified atom stereocenters. The number of rotatable bonds is 8. The van der Waals surface area contributed by atoms with Crippen molar-refractivity contribution in [3.63, 3.8) is 0 Å². The topological polar surface area (TPSA) is 100 Å². The molecule has 0 bridgehead atoms. The Morgan fingerprint density at radius 2 is 2.06 bits per heavy atom. The van der Waals surface area contributed by atoms with E-state index in [2.05, 4.69) is 21.2 Å². The van der Waals surface area contributed by atoms with E-state index in [9.17, 15) is 19.1 Å². The van der Waals surface area contributed by atoms with Crippen LogP contribution in [0.1, 0.15) is 30.5 Å². The number of carbonyl (C=O) groups excluding carboxylic acids is 1. The Bertz CT molecular complexity index is 1190. The Morgan fingerprint density at radius 3 is 2.75 bits per heavy atom. The van der Waals surface area contributed by atoms with Gasteiger partial charge < -0.3 is 19.9 Å². The van der Waals surface area contributed by atoms with E-state index < -0.39 is 23.8 Å². The Hall–Kier alpha value is -3.08. The monoisotopic (exact) mass is 559 g/mol. The predicted octanol–water partition coefficient (Wildman–Crippen LogP) is 3.67. The molecular formula is C26H27BrFN3O5. The van der Waals surface area contributed by atoms with E-state index in [0.717, 1.165) is 5.56 Å². The molecule has 8 nitrogen and oxygen atoms in total. The number of ether oxygens (including phenoxy) is 2. The number of halogens is 2. The standard InChI is InChI=1S/C26H27BrFN3O5/c1-2-36-26(34)23-21(14-31-10-11-35-15-18(31)13-22(32)33)29-25(16-6-4-3-5-7-16)30-24(23)19-9-8-17(28)12-20(19)27/h3-9,12,18,24H,2,10-11,13-15H2,1H3,(H,29,30)(H,32,33). The van der Waals surface area contributed by atoms with Gasteiger partial charge in [-0.05, 0) is 24.6 Å². The van der Waals surface area contributed by atoms with Gasteiger partial charge in [0.05, 0.1) is 31.8 Å². The van der Waals surface area contributed by atoms with Gasteiger partial charge in [-0.2, -0.15) is 0 Å². The smallest absolute Gasteiger partial charge is 0.338 e. The van der Waals surface area contributed by atoms with Gasteiger partial charge in [-0.1, -0.05) is 52.3 Å². The van der Waals surface area contributed by atoms with Crippen LogP contribution in [0.5, 0.6) is 0 Å². The summed E-state index contributed by atoms with van der Waals surface area (Å²) >= 11 is 3.43. The van der Waals surface area contributed by atoms with Gasteiger partial charge in [-0.25, -0.2) is 9.18 Å². The third-order valence-electron chi connectivity index (χ3n) is 6.05. The van der Waals surface area contributed by atoms with Gasteiger partial charge in [0.25, 0.3) is 0 Å². The van der Waals surface area contributed by atoms with Gasteiger partial charge in [0, 0.05) is 34.9 Å². The zero-order valence-corrected chi connectivity index (χ0v) is 21.3. The van der Waals surface area contributed by atoms with Gasteiger partial charge in [-0.15, -0.1) is 0 Å². The van der Waals surface area contributed by atoms with Crippen LogP contribution in [0.2, 0.25) is 0 Å². The number of esters is 1. The van der Waals surface area contributed by atoms with Crippen molar-refractivity contribution < 1.29 is 28.6 Å². The minimum absolute atomic E-state index is 0.0887. The molecule has 1 saturated heterocycles. The molecule has 36 heavy (non-hydrogen) atoms. The van der Waals surface area contributed by atoms with E-state index in [-0.39, 0.29) is 32.2 Å². The largest absolute Gasteiger partial charge is 0.481 e. The number of aliphatic carboxylic acids is 1. The second-order valence-electron chi connectivity index (χ2n) is 8.45. The molecular weight excluding hydrogens is 533 g/mol. The fourth-order valence-electron chi connectivity index (χ4n) is 4.35. The molecule has 0 spiro atoms. The number of nitrogens with one attached hydrogen (secondary N) is 1. The van der Waals surface area contributed by atoms with Crippen molar-refractivity contribution in [1.82, 2.24) is 10.2 Å². The summed E-state index contributed by atoms with van der Waals surface area (Å²) < 4.78 is 25.3. The van der Waals surface area contributed by atoms with Crippen LogP contribution < -0.4 is 5.32 Å². The number of benzene rings is 2. The molecule has 0 aromatic heterocycles. The first-order valence-electron chi connectivity index (χ1n) is 11.7. The molecule has 2 N–H and O–H groups in total. The lowest BCUT2D eigenvalue weighted by molar-refractivity contribution is -0.141. The number of hydrogen-bond acceptors (Lipinski definition) is 7. The van der Waals surface area contributed by atoms with Crippen molar-refractivity contribution in [2.45, 2.75) is 25.4 Å². The first-order valence-corrected chi connectivity index (χ1v) is 12.5. The van der Waals surface area contributed by atoms with Crippen molar-refractivity contribution in [3.05, 3.63) is 81.2 Å². The van der Waals surface area contributed by atoms with Crippen molar-refractivity contribution in [3.8, 4) is 0 Å². The Kier molecular flexibility index (Phi) is 8.50. The molecule has 0 amide bonds. The van der Waals surface area contributed by atoms with Crippen LogP contribution >= 0.6 is 15.9 Å². The van der Waals surface area contributed by atoms with Crippen molar-refractivity contribution in [2.24, 2.45) is 4.99 Å². The summed E-state index contributed by atoms with van der Waals surface area (Å²) in [6.07, 6.45) is -0.0887. The van der Waals surface area contributed by atoms with E-state index in [1.54, 1.807) is 13.0 Å². The fourth-order valence-corrected chi connectivity index (χ4v) is 4.92. The van der Waals surface area contributed by atoms with Crippen LogP contribution in [-0.4, -0.2) is 66.7 Å². The summed E-state index contributed by atoms with van der Waals surface area (Å²) in [7, 11) is 0. The van der Waals surface area contributed by atoms with Gasteiger partial charge in [-0.3, -0.25) is 14.7 Å². The average Bonchev–Trinajstić information content (AvgIpc) is 2.85. The van der Waals surface area contributed by atoms with Gasteiger partial charge in [0.1, 0.15) is 17.7 Å². The molecule has 0 radical (unpaired) electrons.